The summed E-state index contributed by atoms with van der Waals surface area (Å²) in [5, 5.41) is 14.7. The molecule has 0 atom stereocenters. The molecule has 0 bridgehead atoms. The first-order chi connectivity index (χ1) is 11.1. The lowest BCUT2D eigenvalue weighted by atomic mass is 9.85. The fourth-order valence-corrected chi connectivity index (χ4v) is 3.51. The Morgan fingerprint density at radius 2 is 2.22 bits per heavy atom. The Morgan fingerprint density at radius 1 is 1.43 bits per heavy atom. The number of anilines is 1. The maximum Gasteiger partial charge on any atom is 0.317 e. The number of hydrogen-bond acceptors (Lipinski definition) is 4. The van der Waals surface area contributed by atoms with Gasteiger partial charge in [0, 0.05) is 28.1 Å². The van der Waals surface area contributed by atoms with E-state index in [2.05, 4.69) is 38.4 Å². The minimum atomic E-state index is -0.760. The second-order valence-electron chi connectivity index (χ2n) is 5.95. The van der Waals surface area contributed by atoms with Crippen molar-refractivity contribution in [1.82, 2.24) is 9.88 Å². The van der Waals surface area contributed by atoms with Crippen LogP contribution in [-0.4, -0.2) is 46.1 Å². The number of pyridine rings is 1. The highest BCUT2D eigenvalue weighted by molar-refractivity contribution is 9.10. The number of carboxylic acids is 1. The molecule has 1 aliphatic carbocycles. The van der Waals surface area contributed by atoms with Crippen molar-refractivity contribution >= 4 is 38.5 Å². The maximum absolute atomic E-state index is 10.9. The highest BCUT2D eigenvalue weighted by atomic mass is 79.9. The van der Waals surface area contributed by atoms with Gasteiger partial charge in [-0.15, -0.1) is 0 Å². The SMILES string of the molecule is CCN(CC(=O)O)C1CC(Nc2nccc3cc(Br)ccc23)C1. The summed E-state index contributed by atoms with van der Waals surface area (Å²) in [4.78, 5) is 17.4. The van der Waals surface area contributed by atoms with E-state index in [0.717, 1.165) is 40.4 Å². The van der Waals surface area contributed by atoms with Crippen LogP contribution < -0.4 is 5.32 Å². The highest BCUT2D eigenvalue weighted by Crippen LogP contribution is 2.31. The van der Waals surface area contributed by atoms with Gasteiger partial charge in [0.25, 0.3) is 0 Å². The van der Waals surface area contributed by atoms with Gasteiger partial charge in [-0.25, -0.2) is 4.98 Å². The first-order valence-electron chi connectivity index (χ1n) is 7.83. The van der Waals surface area contributed by atoms with Crippen LogP contribution in [0, 0.1) is 0 Å². The van der Waals surface area contributed by atoms with Gasteiger partial charge in [0.05, 0.1) is 6.54 Å². The van der Waals surface area contributed by atoms with Crippen LogP contribution >= 0.6 is 15.9 Å². The zero-order valence-corrected chi connectivity index (χ0v) is 14.6. The van der Waals surface area contributed by atoms with E-state index in [1.807, 2.05) is 30.2 Å². The molecule has 3 rings (SSSR count). The third kappa shape index (κ3) is 3.64. The summed E-state index contributed by atoms with van der Waals surface area (Å²) in [5.41, 5.74) is 0. The Kier molecular flexibility index (Phi) is 4.82. The molecule has 0 unspecified atom stereocenters. The number of fused-ring (bicyclic) bond motifs is 1. The summed E-state index contributed by atoms with van der Waals surface area (Å²) in [7, 11) is 0. The molecule has 0 spiro atoms. The van der Waals surface area contributed by atoms with Crippen molar-refractivity contribution in [1.29, 1.82) is 0 Å². The molecule has 23 heavy (non-hydrogen) atoms. The number of benzene rings is 1. The van der Waals surface area contributed by atoms with Crippen LogP contribution in [0.1, 0.15) is 19.8 Å². The molecule has 1 aromatic carbocycles. The lowest BCUT2D eigenvalue weighted by molar-refractivity contribution is -0.139. The van der Waals surface area contributed by atoms with Gasteiger partial charge in [0.15, 0.2) is 0 Å². The molecule has 122 valence electrons. The monoisotopic (exact) mass is 377 g/mol. The molecule has 1 aromatic heterocycles. The largest absolute Gasteiger partial charge is 0.480 e. The Bertz CT molecular complexity index is 716. The molecule has 2 aromatic rings. The zero-order chi connectivity index (χ0) is 16.4. The second kappa shape index (κ2) is 6.84. The van der Waals surface area contributed by atoms with Crippen LogP contribution in [0.25, 0.3) is 10.8 Å². The Morgan fingerprint density at radius 3 is 2.91 bits per heavy atom. The van der Waals surface area contributed by atoms with Gasteiger partial charge >= 0.3 is 5.97 Å². The molecule has 1 saturated carbocycles. The van der Waals surface area contributed by atoms with Crippen molar-refractivity contribution in [2.75, 3.05) is 18.4 Å². The molecule has 1 fully saturated rings. The average Bonchev–Trinajstić information content (AvgIpc) is 2.48. The Labute approximate surface area is 143 Å². The van der Waals surface area contributed by atoms with Crippen LogP contribution in [0.3, 0.4) is 0 Å². The van der Waals surface area contributed by atoms with Gasteiger partial charge in [-0.2, -0.15) is 0 Å². The van der Waals surface area contributed by atoms with Crippen molar-refractivity contribution < 1.29 is 9.90 Å². The molecule has 5 nitrogen and oxygen atoms in total. The van der Waals surface area contributed by atoms with Crippen LogP contribution in [-0.2, 0) is 4.79 Å². The van der Waals surface area contributed by atoms with Crippen molar-refractivity contribution in [2.24, 2.45) is 0 Å². The molecular formula is C17H20BrN3O2. The minimum Gasteiger partial charge on any atom is -0.480 e. The summed E-state index contributed by atoms with van der Waals surface area (Å²) < 4.78 is 1.05. The Balaban J connectivity index is 1.65. The molecule has 0 radical (unpaired) electrons. The first-order valence-corrected chi connectivity index (χ1v) is 8.62. The number of rotatable bonds is 6. The molecule has 0 saturated heterocycles. The van der Waals surface area contributed by atoms with Gasteiger partial charge < -0.3 is 10.4 Å². The lowest BCUT2D eigenvalue weighted by Crippen LogP contribution is -2.51. The Hall–Kier alpha value is -1.66. The molecule has 0 amide bonds. The predicted molar refractivity (Wildman–Crippen MR) is 94.8 cm³/mol. The van der Waals surface area contributed by atoms with E-state index < -0.39 is 5.97 Å². The topological polar surface area (TPSA) is 65.5 Å². The predicted octanol–water partition coefficient (Wildman–Crippen LogP) is 3.35. The minimum absolute atomic E-state index is 0.119. The van der Waals surface area contributed by atoms with Crippen LogP contribution in [0.5, 0.6) is 0 Å². The summed E-state index contributed by atoms with van der Waals surface area (Å²) in [6.07, 6.45) is 3.72. The molecule has 2 N–H and O–H groups in total. The second-order valence-corrected chi connectivity index (χ2v) is 6.86. The zero-order valence-electron chi connectivity index (χ0n) is 13.0. The molecular weight excluding hydrogens is 358 g/mol. The third-order valence-electron chi connectivity index (χ3n) is 4.44. The summed E-state index contributed by atoms with van der Waals surface area (Å²) in [5.74, 6) is 0.143. The van der Waals surface area contributed by atoms with Gasteiger partial charge in [0.2, 0.25) is 0 Å². The summed E-state index contributed by atoms with van der Waals surface area (Å²) in [6, 6.07) is 8.86. The van der Waals surface area contributed by atoms with Crippen LogP contribution in [0.4, 0.5) is 5.82 Å². The number of carboxylic acid groups (broad SMARTS) is 1. The number of aromatic nitrogens is 1. The van der Waals surface area contributed by atoms with Gasteiger partial charge in [-0.1, -0.05) is 22.9 Å². The van der Waals surface area contributed by atoms with Crippen LogP contribution in [0.15, 0.2) is 34.9 Å². The van der Waals surface area contributed by atoms with E-state index in [9.17, 15) is 4.79 Å². The molecule has 1 aliphatic rings. The number of carbonyl (C=O) groups is 1. The van der Waals surface area contributed by atoms with Gasteiger partial charge in [-0.3, -0.25) is 9.69 Å². The van der Waals surface area contributed by atoms with E-state index in [-0.39, 0.29) is 6.54 Å². The number of likely N-dealkylation sites (N-methyl/N-ethyl adjacent to an activating group) is 1. The van der Waals surface area contributed by atoms with Crippen molar-refractivity contribution in [3.63, 3.8) is 0 Å². The lowest BCUT2D eigenvalue weighted by Gasteiger charge is -2.42. The number of halogens is 1. The average molecular weight is 378 g/mol. The summed E-state index contributed by atoms with van der Waals surface area (Å²) >= 11 is 3.49. The number of aliphatic carboxylic acids is 1. The number of hydrogen-bond donors (Lipinski definition) is 2. The fraction of sp³-hybridized carbons (Fsp3) is 0.412. The molecule has 0 aliphatic heterocycles. The molecule has 1 heterocycles. The highest BCUT2D eigenvalue weighted by Gasteiger charge is 2.34. The normalized spacial score (nSPS) is 20.5. The smallest absolute Gasteiger partial charge is 0.317 e. The van der Waals surface area contributed by atoms with Gasteiger partial charge in [0.1, 0.15) is 5.82 Å². The maximum atomic E-state index is 10.9. The van der Waals surface area contributed by atoms with E-state index in [1.165, 1.54) is 0 Å². The van der Waals surface area contributed by atoms with Crippen molar-refractivity contribution in [2.45, 2.75) is 31.8 Å². The van der Waals surface area contributed by atoms with E-state index in [1.54, 1.807) is 0 Å². The standard InChI is InChI=1S/C17H20BrN3O2/c1-2-21(10-16(22)23)14-8-13(9-14)20-17-15-4-3-12(18)7-11(15)5-6-19-17/h3-7,13-14H,2,8-10H2,1H3,(H,19,20)(H,22,23). The van der Waals surface area contributed by atoms with Crippen molar-refractivity contribution in [3.05, 3.63) is 34.9 Å². The number of nitrogens with zero attached hydrogens (tertiary/aromatic N) is 2. The molecule has 6 heteroatoms. The van der Waals surface area contributed by atoms with Crippen molar-refractivity contribution in [3.8, 4) is 0 Å². The van der Waals surface area contributed by atoms with Crippen LogP contribution in [0.2, 0.25) is 0 Å². The van der Waals surface area contributed by atoms with Gasteiger partial charge in [-0.05, 0) is 49.0 Å². The fourth-order valence-electron chi connectivity index (χ4n) is 3.13. The van der Waals surface area contributed by atoms with E-state index >= 15 is 0 Å². The quantitative estimate of drug-likeness (QED) is 0.807. The van der Waals surface area contributed by atoms with E-state index in [4.69, 9.17) is 5.11 Å². The first kappa shape index (κ1) is 16.2. The summed E-state index contributed by atoms with van der Waals surface area (Å²) in [6.45, 7) is 2.90. The number of nitrogens with one attached hydrogen (secondary N) is 1. The van der Waals surface area contributed by atoms with E-state index in [0.29, 0.717) is 12.1 Å². The third-order valence-corrected chi connectivity index (χ3v) is 4.93.